The van der Waals surface area contributed by atoms with Crippen LogP contribution in [0.25, 0.3) is 5.82 Å². The van der Waals surface area contributed by atoms with Crippen LogP contribution in [0.1, 0.15) is 12.7 Å². The number of nitrogens with zero attached hydrogens (tertiary/aromatic N) is 3. The van der Waals surface area contributed by atoms with Gasteiger partial charge < -0.3 is 10.6 Å². The third kappa shape index (κ3) is 2.65. The summed E-state index contributed by atoms with van der Waals surface area (Å²) in [4.78, 5) is 19.7. The average molecular weight is 245 g/mol. The second-order valence-electron chi connectivity index (χ2n) is 3.73. The molecule has 0 fully saturated rings. The van der Waals surface area contributed by atoms with E-state index in [2.05, 4.69) is 20.6 Å². The van der Waals surface area contributed by atoms with Crippen LogP contribution in [0.4, 0.5) is 10.5 Å². The van der Waals surface area contributed by atoms with Crippen LogP contribution in [0.3, 0.4) is 0 Å². The van der Waals surface area contributed by atoms with Crippen molar-refractivity contribution in [2.24, 2.45) is 0 Å². The summed E-state index contributed by atoms with van der Waals surface area (Å²) in [7, 11) is 0. The SMILES string of the molecule is CCNC(=O)Nc1ccc(-n2ccnc2C)nc1. The van der Waals surface area contributed by atoms with Crippen molar-refractivity contribution in [1.29, 1.82) is 0 Å². The second kappa shape index (κ2) is 5.31. The van der Waals surface area contributed by atoms with Crippen molar-refractivity contribution in [2.45, 2.75) is 13.8 Å². The van der Waals surface area contributed by atoms with Gasteiger partial charge in [0.15, 0.2) is 0 Å². The molecule has 2 N–H and O–H groups in total. The van der Waals surface area contributed by atoms with E-state index in [1.54, 1.807) is 18.5 Å². The predicted molar refractivity (Wildman–Crippen MR) is 68.8 cm³/mol. The Morgan fingerprint density at radius 3 is 2.78 bits per heavy atom. The van der Waals surface area contributed by atoms with E-state index in [1.807, 2.05) is 30.7 Å². The number of hydrogen-bond acceptors (Lipinski definition) is 3. The highest BCUT2D eigenvalue weighted by Gasteiger charge is 2.03. The molecule has 2 aromatic rings. The highest BCUT2D eigenvalue weighted by Crippen LogP contribution is 2.11. The highest BCUT2D eigenvalue weighted by molar-refractivity contribution is 5.88. The molecule has 2 amide bonds. The zero-order valence-electron chi connectivity index (χ0n) is 10.3. The number of nitrogens with one attached hydrogen (secondary N) is 2. The van der Waals surface area contributed by atoms with Gasteiger partial charge in [-0.1, -0.05) is 0 Å². The molecule has 0 unspecified atom stereocenters. The first-order valence-corrected chi connectivity index (χ1v) is 5.72. The molecule has 0 radical (unpaired) electrons. The Bertz CT molecular complexity index is 532. The van der Waals surface area contributed by atoms with E-state index >= 15 is 0 Å². The van der Waals surface area contributed by atoms with Gasteiger partial charge in [0.1, 0.15) is 11.6 Å². The normalized spacial score (nSPS) is 10.1. The molecule has 2 rings (SSSR count). The van der Waals surface area contributed by atoms with Gasteiger partial charge in [0.2, 0.25) is 0 Å². The molecule has 94 valence electrons. The van der Waals surface area contributed by atoms with Gasteiger partial charge in [0.05, 0.1) is 11.9 Å². The van der Waals surface area contributed by atoms with Crippen molar-refractivity contribution in [3.63, 3.8) is 0 Å². The molecule has 6 heteroatoms. The number of aromatic nitrogens is 3. The average Bonchev–Trinajstić information content (AvgIpc) is 2.77. The first kappa shape index (κ1) is 12.1. The fourth-order valence-corrected chi connectivity index (χ4v) is 1.56. The smallest absolute Gasteiger partial charge is 0.319 e. The second-order valence-corrected chi connectivity index (χ2v) is 3.73. The number of hydrogen-bond donors (Lipinski definition) is 2. The van der Waals surface area contributed by atoms with Crippen molar-refractivity contribution < 1.29 is 4.79 Å². The van der Waals surface area contributed by atoms with Crippen LogP contribution in [0, 0.1) is 6.92 Å². The monoisotopic (exact) mass is 245 g/mol. The van der Waals surface area contributed by atoms with E-state index in [9.17, 15) is 4.79 Å². The molecule has 0 aliphatic carbocycles. The number of imidazole rings is 1. The molecule has 18 heavy (non-hydrogen) atoms. The van der Waals surface area contributed by atoms with Gasteiger partial charge in [0, 0.05) is 18.9 Å². The molecule has 0 aliphatic rings. The molecular formula is C12H15N5O. The largest absolute Gasteiger partial charge is 0.338 e. The summed E-state index contributed by atoms with van der Waals surface area (Å²) in [5.74, 6) is 1.64. The maximum absolute atomic E-state index is 11.3. The van der Waals surface area contributed by atoms with E-state index in [4.69, 9.17) is 0 Å². The zero-order chi connectivity index (χ0) is 13.0. The van der Waals surface area contributed by atoms with E-state index in [0.29, 0.717) is 12.2 Å². The van der Waals surface area contributed by atoms with Gasteiger partial charge in [-0.3, -0.25) is 4.57 Å². The van der Waals surface area contributed by atoms with Gasteiger partial charge in [-0.05, 0) is 26.0 Å². The number of anilines is 1. The van der Waals surface area contributed by atoms with E-state index in [-0.39, 0.29) is 6.03 Å². The van der Waals surface area contributed by atoms with Crippen LogP contribution in [-0.4, -0.2) is 27.1 Å². The Balaban J connectivity index is 2.11. The van der Waals surface area contributed by atoms with Crippen molar-refractivity contribution in [1.82, 2.24) is 19.9 Å². The van der Waals surface area contributed by atoms with Crippen molar-refractivity contribution in [3.8, 4) is 5.82 Å². The molecule has 0 saturated heterocycles. The summed E-state index contributed by atoms with van der Waals surface area (Å²) in [5, 5.41) is 5.34. The lowest BCUT2D eigenvalue weighted by Gasteiger charge is -2.07. The Morgan fingerprint density at radius 1 is 1.39 bits per heavy atom. The van der Waals surface area contributed by atoms with E-state index in [0.717, 1.165) is 11.6 Å². The fraction of sp³-hybridized carbons (Fsp3) is 0.250. The summed E-state index contributed by atoms with van der Waals surface area (Å²) in [6, 6.07) is 3.40. The summed E-state index contributed by atoms with van der Waals surface area (Å²) >= 11 is 0. The van der Waals surface area contributed by atoms with Gasteiger partial charge in [-0.2, -0.15) is 0 Å². The molecule has 6 nitrogen and oxygen atoms in total. The topological polar surface area (TPSA) is 71.8 Å². The molecule has 0 atom stereocenters. The van der Waals surface area contributed by atoms with E-state index < -0.39 is 0 Å². The highest BCUT2D eigenvalue weighted by atomic mass is 16.2. The molecule has 0 spiro atoms. The minimum Gasteiger partial charge on any atom is -0.338 e. The number of carbonyl (C=O) groups is 1. The van der Waals surface area contributed by atoms with Crippen molar-refractivity contribution in [2.75, 3.05) is 11.9 Å². The molecule has 2 aromatic heterocycles. The lowest BCUT2D eigenvalue weighted by Crippen LogP contribution is -2.28. The summed E-state index contributed by atoms with van der Waals surface area (Å²) < 4.78 is 1.87. The van der Waals surface area contributed by atoms with Gasteiger partial charge in [-0.15, -0.1) is 0 Å². The first-order chi connectivity index (χ1) is 8.70. The third-order valence-corrected chi connectivity index (χ3v) is 2.42. The Kier molecular flexibility index (Phi) is 3.57. The summed E-state index contributed by atoms with van der Waals surface area (Å²) in [6.07, 6.45) is 5.18. The third-order valence-electron chi connectivity index (χ3n) is 2.42. The molecule has 0 bridgehead atoms. The minimum atomic E-state index is -0.231. The van der Waals surface area contributed by atoms with Gasteiger partial charge in [-0.25, -0.2) is 14.8 Å². The number of pyridine rings is 1. The first-order valence-electron chi connectivity index (χ1n) is 5.72. The fourth-order valence-electron chi connectivity index (χ4n) is 1.56. The van der Waals surface area contributed by atoms with Crippen LogP contribution in [0.5, 0.6) is 0 Å². The standard InChI is InChI=1S/C12H15N5O/c1-3-13-12(18)16-10-4-5-11(15-8-10)17-7-6-14-9(17)2/h4-8H,3H2,1-2H3,(H2,13,16,18). The Hall–Kier alpha value is -2.37. The van der Waals surface area contributed by atoms with Gasteiger partial charge >= 0.3 is 6.03 Å². The van der Waals surface area contributed by atoms with E-state index in [1.165, 1.54) is 0 Å². The van der Waals surface area contributed by atoms with Crippen LogP contribution < -0.4 is 10.6 Å². The Morgan fingerprint density at radius 2 is 2.22 bits per heavy atom. The molecular weight excluding hydrogens is 230 g/mol. The number of urea groups is 1. The Labute approximate surface area is 105 Å². The number of rotatable bonds is 3. The van der Waals surface area contributed by atoms with Crippen LogP contribution in [0.2, 0.25) is 0 Å². The quantitative estimate of drug-likeness (QED) is 0.864. The molecule has 0 aromatic carbocycles. The maximum atomic E-state index is 11.3. The predicted octanol–water partition coefficient (Wildman–Crippen LogP) is 1.72. The summed E-state index contributed by atoms with van der Waals surface area (Å²) in [6.45, 7) is 4.36. The van der Waals surface area contributed by atoms with Crippen LogP contribution in [-0.2, 0) is 0 Å². The maximum Gasteiger partial charge on any atom is 0.319 e. The molecule has 0 saturated carbocycles. The lowest BCUT2D eigenvalue weighted by molar-refractivity contribution is 0.252. The molecule has 2 heterocycles. The van der Waals surface area contributed by atoms with Crippen LogP contribution >= 0.6 is 0 Å². The van der Waals surface area contributed by atoms with Crippen molar-refractivity contribution in [3.05, 3.63) is 36.5 Å². The lowest BCUT2D eigenvalue weighted by atomic mass is 10.4. The number of aryl methyl sites for hydroxylation is 1. The van der Waals surface area contributed by atoms with Crippen LogP contribution in [0.15, 0.2) is 30.7 Å². The van der Waals surface area contributed by atoms with Crippen molar-refractivity contribution >= 4 is 11.7 Å². The number of carbonyl (C=O) groups excluding carboxylic acids is 1. The number of amides is 2. The minimum absolute atomic E-state index is 0.231. The zero-order valence-corrected chi connectivity index (χ0v) is 10.3. The van der Waals surface area contributed by atoms with Gasteiger partial charge in [0.25, 0.3) is 0 Å². The molecule has 0 aliphatic heterocycles. The summed E-state index contributed by atoms with van der Waals surface area (Å²) in [5.41, 5.74) is 0.655.